The number of rotatable bonds is 18. The highest BCUT2D eigenvalue weighted by Crippen LogP contribution is 2.61. The molecule has 0 aliphatic heterocycles. The zero-order valence-electron chi connectivity index (χ0n) is 33.5. The fourth-order valence-electron chi connectivity index (χ4n) is 9.69. The number of thiophene rings is 2. The van der Waals surface area contributed by atoms with E-state index in [1.54, 1.807) is 11.3 Å². The number of aldehydes is 1. The third kappa shape index (κ3) is 7.56. The van der Waals surface area contributed by atoms with E-state index in [0.29, 0.717) is 23.7 Å². The van der Waals surface area contributed by atoms with E-state index in [4.69, 9.17) is 9.47 Å². The van der Waals surface area contributed by atoms with Crippen LogP contribution in [-0.4, -0.2) is 19.5 Å². The molecule has 4 atom stereocenters. The molecule has 0 saturated carbocycles. The van der Waals surface area contributed by atoms with Crippen molar-refractivity contribution in [1.29, 1.82) is 0 Å². The molecule has 4 unspecified atom stereocenters. The number of carbonyl (C=O) groups excluding carboxylic acids is 1. The predicted octanol–water partition coefficient (Wildman–Crippen LogP) is 15.4. The number of anilines is 3. The van der Waals surface area contributed by atoms with Crippen molar-refractivity contribution in [3.05, 3.63) is 124 Å². The number of carbonyl (C=O) groups is 1. The van der Waals surface area contributed by atoms with E-state index in [0.717, 1.165) is 72.2 Å². The minimum absolute atomic E-state index is 0.385. The van der Waals surface area contributed by atoms with E-state index in [2.05, 4.69) is 116 Å². The Bertz CT molecular complexity index is 2170. The van der Waals surface area contributed by atoms with Crippen molar-refractivity contribution in [1.82, 2.24) is 0 Å². The van der Waals surface area contributed by atoms with E-state index >= 15 is 0 Å². The molecule has 5 aromatic rings. The minimum atomic E-state index is 0.385. The summed E-state index contributed by atoms with van der Waals surface area (Å²) >= 11 is 3.73. The van der Waals surface area contributed by atoms with Gasteiger partial charge in [-0.15, -0.1) is 22.7 Å². The van der Waals surface area contributed by atoms with E-state index in [1.165, 1.54) is 100 Å². The van der Waals surface area contributed by atoms with E-state index in [9.17, 15) is 4.79 Å². The first-order valence-corrected chi connectivity index (χ1v) is 23.3. The number of fused-ring (bicyclic) bond motifs is 2. The highest BCUT2D eigenvalue weighted by molar-refractivity contribution is 7.25. The average Bonchev–Trinajstić information content (AvgIpc) is 3.88. The third-order valence-electron chi connectivity index (χ3n) is 12.6. The predicted molar refractivity (Wildman–Crippen MR) is 240 cm³/mol. The number of hydrogen-bond donors (Lipinski definition) is 0. The fraction of sp³-hybridized carbons (Fsp3) is 0.392. The average molecular weight is 794 g/mol. The van der Waals surface area contributed by atoms with Gasteiger partial charge in [0.1, 0.15) is 11.5 Å². The largest absolute Gasteiger partial charge is 0.494 e. The van der Waals surface area contributed by atoms with Gasteiger partial charge in [0, 0.05) is 55.4 Å². The van der Waals surface area contributed by atoms with Gasteiger partial charge in [-0.3, -0.25) is 4.79 Å². The fourth-order valence-corrected chi connectivity index (χ4v) is 12.6. The van der Waals surface area contributed by atoms with Crippen molar-refractivity contribution in [3.63, 3.8) is 0 Å². The number of unbranched alkanes of at least 4 members (excludes halogenated alkanes) is 6. The number of allylic oxidation sites excluding steroid dienone is 4. The lowest BCUT2D eigenvalue weighted by atomic mass is 9.69. The summed E-state index contributed by atoms with van der Waals surface area (Å²) in [7, 11) is 0. The van der Waals surface area contributed by atoms with Crippen molar-refractivity contribution < 1.29 is 14.3 Å². The maximum atomic E-state index is 12.5. The molecule has 6 heteroatoms. The van der Waals surface area contributed by atoms with Crippen molar-refractivity contribution in [2.45, 2.75) is 115 Å². The number of ether oxygens (including phenoxy) is 2. The zero-order chi connectivity index (χ0) is 38.7. The summed E-state index contributed by atoms with van der Waals surface area (Å²) in [5, 5.41) is 0. The molecule has 57 heavy (non-hydrogen) atoms. The van der Waals surface area contributed by atoms with Gasteiger partial charge in [-0.25, -0.2) is 0 Å². The van der Waals surface area contributed by atoms with Crippen LogP contribution in [0.25, 0.3) is 20.2 Å². The molecule has 4 nitrogen and oxygen atoms in total. The molecule has 4 bridgehead atoms. The highest BCUT2D eigenvalue weighted by Gasteiger charge is 2.40. The second-order valence-corrected chi connectivity index (χ2v) is 18.4. The highest BCUT2D eigenvalue weighted by atomic mass is 32.1. The van der Waals surface area contributed by atoms with Gasteiger partial charge in [-0.1, -0.05) is 88.8 Å². The molecular formula is C51H55NO3S2. The Labute approximate surface area is 347 Å². The molecule has 6 aliphatic rings. The van der Waals surface area contributed by atoms with Gasteiger partial charge in [0.15, 0.2) is 6.29 Å². The third-order valence-corrected chi connectivity index (χ3v) is 15.2. The molecule has 0 amide bonds. The molecule has 2 aromatic heterocycles. The minimum Gasteiger partial charge on any atom is -0.494 e. The lowest BCUT2D eigenvalue weighted by molar-refractivity contribution is 0.112. The van der Waals surface area contributed by atoms with Crippen LogP contribution < -0.4 is 14.4 Å². The van der Waals surface area contributed by atoms with Gasteiger partial charge in [0.25, 0.3) is 0 Å². The summed E-state index contributed by atoms with van der Waals surface area (Å²) in [6.07, 6.45) is 25.1. The van der Waals surface area contributed by atoms with Crippen molar-refractivity contribution in [2.24, 2.45) is 0 Å². The van der Waals surface area contributed by atoms with Crippen molar-refractivity contribution >= 4 is 46.0 Å². The number of nitrogens with zero attached hydrogens (tertiary/aromatic N) is 1. The van der Waals surface area contributed by atoms with E-state index in [1.807, 2.05) is 11.3 Å². The first kappa shape index (κ1) is 38.1. The summed E-state index contributed by atoms with van der Waals surface area (Å²) in [6, 6.07) is 26.4. The monoisotopic (exact) mass is 793 g/mol. The Morgan fingerprint density at radius 2 is 0.947 bits per heavy atom. The van der Waals surface area contributed by atoms with Crippen LogP contribution in [0.15, 0.2) is 97.1 Å². The normalized spacial score (nSPS) is 19.8. The lowest BCUT2D eigenvalue weighted by Gasteiger charge is -2.34. The molecule has 0 fully saturated rings. The van der Waals surface area contributed by atoms with Crippen LogP contribution in [0.2, 0.25) is 0 Å². The molecule has 0 saturated heterocycles. The molecule has 0 N–H and O–H groups in total. The maximum absolute atomic E-state index is 12.5. The van der Waals surface area contributed by atoms with E-state index < -0.39 is 0 Å². The van der Waals surface area contributed by atoms with Gasteiger partial charge in [-0.2, -0.15) is 0 Å². The van der Waals surface area contributed by atoms with Crippen LogP contribution >= 0.6 is 22.7 Å². The Morgan fingerprint density at radius 3 is 1.40 bits per heavy atom. The Balaban J connectivity index is 1.04. The second-order valence-electron chi connectivity index (χ2n) is 16.4. The summed E-state index contributed by atoms with van der Waals surface area (Å²) in [6.45, 7) is 5.98. The van der Waals surface area contributed by atoms with Crippen LogP contribution in [0.4, 0.5) is 17.1 Å². The van der Waals surface area contributed by atoms with Gasteiger partial charge in [0.2, 0.25) is 0 Å². The summed E-state index contributed by atoms with van der Waals surface area (Å²) in [4.78, 5) is 19.9. The van der Waals surface area contributed by atoms with E-state index in [-0.39, 0.29) is 0 Å². The van der Waals surface area contributed by atoms with Gasteiger partial charge in [0.05, 0.1) is 18.1 Å². The zero-order valence-corrected chi connectivity index (χ0v) is 35.1. The summed E-state index contributed by atoms with van der Waals surface area (Å²) < 4.78 is 12.3. The molecule has 0 spiro atoms. The number of hydrogen-bond acceptors (Lipinski definition) is 6. The Kier molecular flexibility index (Phi) is 11.5. The molecule has 0 radical (unpaired) electrons. The second kappa shape index (κ2) is 17.2. The van der Waals surface area contributed by atoms with Crippen LogP contribution in [0.5, 0.6) is 11.5 Å². The van der Waals surface area contributed by atoms with Crippen LogP contribution in [-0.2, 0) is 0 Å². The maximum Gasteiger partial charge on any atom is 0.160 e. The molecule has 2 heterocycles. The Morgan fingerprint density at radius 1 is 0.526 bits per heavy atom. The first-order chi connectivity index (χ1) is 28.1. The quantitative estimate of drug-likeness (QED) is 0.0503. The summed E-state index contributed by atoms with van der Waals surface area (Å²) in [5.74, 6) is 3.52. The first-order valence-electron chi connectivity index (χ1n) is 21.7. The van der Waals surface area contributed by atoms with Crippen LogP contribution in [0.3, 0.4) is 0 Å². The van der Waals surface area contributed by atoms with Crippen molar-refractivity contribution in [2.75, 3.05) is 18.1 Å². The SMILES string of the molecule is CCCCCCOc1ccc(N(c2ccc(OCCCCCC)cc2)c2ccc(-c3sc(-c4sc(C=O)c5c4C4C=CC5CC4)c4c3C3C=CC4CC3)cc2)cc1. The van der Waals surface area contributed by atoms with Crippen LogP contribution in [0.1, 0.15) is 146 Å². The van der Waals surface area contributed by atoms with Gasteiger partial charge in [-0.05, 0) is 127 Å². The molecule has 6 aliphatic carbocycles. The summed E-state index contributed by atoms with van der Waals surface area (Å²) in [5.41, 5.74) is 10.4. The Hall–Kier alpha value is -4.39. The molecule has 3 aromatic carbocycles. The number of benzene rings is 3. The smallest absolute Gasteiger partial charge is 0.160 e. The van der Waals surface area contributed by atoms with Crippen LogP contribution in [0, 0.1) is 0 Å². The molecule has 294 valence electrons. The lowest BCUT2D eigenvalue weighted by Crippen LogP contribution is -2.18. The molecular weight excluding hydrogens is 739 g/mol. The van der Waals surface area contributed by atoms with Gasteiger partial charge < -0.3 is 14.4 Å². The van der Waals surface area contributed by atoms with Crippen molar-refractivity contribution in [3.8, 4) is 31.7 Å². The molecule has 11 rings (SSSR count). The van der Waals surface area contributed by atoms with Gasteiger partial charge >= 0.3 is 0 Å². The standard InChI is InChI=1S/C51H55NO3S2/c1-3-5-7-9-31-54-42-27-23-40(24-28-42)52(41-25-29-43(30-26-41)55-32-10-8-6-4-2)39-21-19-38(20-22-39)49-47-36-15-17-37(18-16-36)48(47)51(57-49)50-46-35-13-11-34(12-14-35)45(46)44(33-53)56-50/h11,13,15,17,19-30,33-37H,3-10,12,14,16,18,31-32H2,1-2H3. The topological polar surface area (TPSA) is 38.8 Å².